The van der Waals surface area contributed by atoms with Crippen molar-refractivity contribution in [2.24, 2.45) is 10.8 Å². The summed E-state index contributed by atoms with van der Waals surface area (Å²) in [6.07, 6.45) is 10.9. The SMILES string of the molecule is CN/C=C(\N=N)Nc1ccc(-c2cnc([C@H]3CC[C@H](NC)CC3)s2)c(B(N)SC2CC2)c1. The highest BCUT2D eigenvalue weighted by atomic mass is 32.2. The van der Waals surface area contributed by atoms with Gasteiger partial charge in [-0.2, -0.15) is 11.6 Å². The van der Waals surface area contributed by atoms with Crippen LogP contribution in [0.5, 0.6) is 0 Å². The number of rotatable bonds is 10. The predicted molar refractivity (Wildman–Crippen MR) is 138 cm³/mol. The normalized spacial score (nSPS) is 21.3. The molecule has 2 aliphatic carbocycles. The van der Waals surface area contributed by atoms with Gasteiger partial charge in [-0.3, -0.25) is 0 Å². The molecule has 1 aromatic carbocycles. The zero-order valence-corrected chi connectivity index (χ0v) is 20.4. The van der Waals surface area contributed by atoms with Gasteiger partial charge in [0.25, 0.3) is 0 Å². The van der Waals surface area contributed by atoms with Crippen molar-refractivity contribution in [3.05, 3.63) is 41.4 Å². The number of thiazole rings is 1. The molecule has 32 heavy (non-hydrogen) atoms. The van der Waals surface area contributed by atoms with Crippen molar-refractivity contribution in [1.29, 1.82) is 5.53 Å². The Bertz CT molecular complexity index is 952. The molecule has 2 fully saturated rings. The number of benzene rings is 1. The molecule has 10 heteroatoms. The van der Waals surface area contributed by atoms with Gasteiger partial charge >= 0.3 is 6.13 Å². The van der Waals surface area contributed by atoms with Crippen molar-refractivity contribution in [3.8, 4) is 10.4 Å². The highest BCUT2D eigenvalue weighted by Crippen LogP contribution is 2.39. The second-order valence-corrected chi connectivity index (χ2v) is 11.0. The third kappa shape index (κ3) is 5.72. The van der Waals surface area contributed by atoms with Crippen LogP contribution in [-0.2, 0) is 0 Å². The molecule has 2 saturated carbocycles. The Balaban J connectivity index is 1.59. The first-order chi connectivity index (χ1) is 15.6. The van der Waals surface area contributed by atoms with Gasteiger partial charge in [0.15, 0.2) is 5.82 Å². The topological polar surface area (TPSA) is 111 Å². The lowest BCUT2D eigenvalue weighted by atomic mass is 9.78. The van der Waals surface area contributed by atoms with Gasteiger partial charge in [-0.1, -0.05) is 6.07 Å². The van der Waals surface area contributed by atoms with E-state index in [9.17, 15) is 0 Å². The van der Waals surface area contributed by atoms with Crippen LogP contribution in [-0.4, -0.2) is 36.5 Å². The third-order valence-corrected chi connectivity index (χ3v) is 8.77. The van der Waals surface area contributed by atoms with E-state index in [1.807, 2.05) is 35.2 Å². The van der Waals surface area contributed by atoms with E-state index in [1.165, 1.54) is 48.4 Å². The summed E-state index contributed by atoms with van der Waals surface area (Å²) in [6.45, 7) is 0. The van der Waals surface area contributed by atoms with Crippen LogP contribution in [0.4, 0.5) is 5.69 Å². The minimum Gasteiger partial charge on any atom is -0.391 e. The number of nitrogens with two attached hydrogens (primary N) is 1. The lowest BCUT2D eigenvalue weighted by Gasteiger charge is -2.26. The summed E-state index contributed by atoms with van der Waals surface area (Å²) in [4.78, 5) is 6.01. The van der Waals surface area contributed by atoms with Gasteiger partial charge in [0.1, 0.15) is 0 Å². The van der Waals surface area contributed by atoms with Crippen molar-refractivity contribution >= 4 is 40.2 Å². The highest BCUT2D eigenvalue weighted by Gasteiger charge is 2.30. The van der Waals surface area contributed by atoms with E-state index in [-0.39, 0.29) is 6.13 Å². The van der Waals surface area contributed by atoms with Crippen molar-refractivity contribution < 1.29 is 0 Å². The Morgan fingerprint density at radius 1 is 1.25 bits per heavy atom. The zero-order valence-electron chi connectivity index (χ0n) is 18.7. The van der Waals surface area contributed by atoms with Gasteiger partial charge < -0.3 is 21.6 Å². The first-order valence-electron chi connectivity index (χ1n) is 11.3. The molecule has 170 valence electrons. The molecule has 1 aromatic heterocycles. The number of nitrogens with one attached hydrogen (secondary N) is 4. The highest BCUT2D eigenvalue weighted by molar-refractivity contribution is 8.27. The van der Waals surface area contributed by atoms with Crippen molar-refractivity contribution in [1.82, 2.24) is 15.6 Å². The van der Waals surface area contributed by atoms with Gasteiger partial charge in [0.05, 0.1) is 9.88 Å². The Hall–Kier alpha value is -1.88. The Kier molecular flexibility index (Phi) is 7.88. The number of anilines is 1. The largest absolute Gasteiger partial charge is 0.391 e. The first-order valence-corrected chi connectivity index (χ1v) is 13.1. The lowest BCUT2D eigenvalue weighted by molar-refractivity contribution is 0.358. The molecule has 4 rings (SSSR count). The maximum absolute atomic E-state index is 7.37. The van der Waals surface area contributed by atoms with Crippen LogP contribution in [0.25, 0.3) is 10.4 Å². The van der Waals surface area contributed by atoms with E-state index >= 15 is 0 Å². The average Bonchev–Trinajstić information content (AvgIpc) is 3.50. The monoisotopic (exact) mass is 469 g/mol. The van der Waals surface area contributed by atoms with Gasteiger partial charge in [-0.15, -0.1) is 16.5 Å². The van der Waals surface area contributed by atoms with Gasteiger partial charge in [0.2, 0.25) is 0 Å². The molecular weight excluding hydrogens is 437 g/mol. The Morgan fingerprint density at radius 2 is 2.03 bits per heavy atom. The Morgan fingerprint density at radius 3 is 2.69 bits per heavy atom. The summed E-state index contributed by atoms with van der Waals surface area (Å²) in [5, 5.41) is 15.0. The van der Waals surface area contributed by atoms with Crippen molar-refractivity contribution in [2.45, 2.75) is 55.7 Å². The molecular formula is C22H32BN7S2. The standard InChI is InChI=1S/C22H32BN7S2/c1-26-13-21(30-25)29-16-7-10-18(19(11-16)23(24)32-17-8-9-17)20-12-28-22(31-20)14-3-5-15(27-2)6-4-14/h7,10-15,17,25-27,29H,3-6,8-9,24H2,1-2H3/b21-13-,30-25?/t14-,15-. The average molecular weight is 469 g/mol. The summed E-state index contributed by atoms with van der Waals surface area (Å²) in [5.74, 6) is 1.01. The molecule has 2 aliphatic rings. The molecule has 0 bridgehead atoms. The van der Waals surface area contributed by atoms with Gasteiger partial charge in [-0.25, -0.2) is 10.5 Å². The van der Waals surface area contributed by atoms with E-state index in [0.29, 0.717) is 23.0 Å². The fraction of sp³-hybridized carbons (Fsp3) is 0.500. The van der Waals surface area contributed by atoms with Crippen LogP contribution in [0.15, 0.2) is 41.5 Å². The summed E-state index contributed by atoms with van der Waals surface area (Å²) >= 11 is 3.66. The molecule has 6 N–H and O–H groups in total. The first kappa shape index (κ1) is 23.3. The maximum atomic E-state index is 7.37. The minimum atomic E-state index is -0.0967. The molecule has 0 unspecified atom stereocenters. The molecule has 7 nitrogen and oxygen atoms in total. The predicted octanol–water partition coefficient (Wildman–Crippen LogP) is 4.07. The minimum absolute atomic E-state index is 0.0967. The molecule has 0 saturated heterocycles. The van der Waals surface area contributed by atoms with E-state index in [0.717, 1.165) is 16.7 Å². The second-order valence-electron chi connectivity index (χ2n) is 8.51. The van der Waals surface area contributed by atoms with Gasteiger partial charge in [0, 0.05) is 37.1 Å². The van der Waals surface area contributed by atoms with E-state index in [4.69, 9.17) is 16.2 Å². The van der Waals surface area contributed by atoms with Crippen LogP contribution >= 0.6 is 22.9 Å². The summed E-state index contributed by atoms with van der Waals surface area (Å²) in [5.41, 5.74) is 17.2. The molecule has 2 aromatic rings. The number of hydrogen-bond donors (Lipinski definition) is 5. The fourth-order valence-corrected chi connectivity index (χ4v) is 6.49. The molecule has 1 heterocycles. The quantitative estimate of drug-likeness (QED) is 0.265. The van der Waals surface area contributed by atoms with Gasteiger partial charge in [-0.05, 0) is 74.0 Å². The zero-order chi connectivity index (χ0) is 22.5. The molecule has 0 radical (unpaired) electrons. The number of aromatic nitrogens is 1. The smallest absolute Gasteiger partial charge is 0.321 e. The lowest BCUT2D eigenvalue weighted by Crippen LogP contribution is -2.38. The number of hydrogen-bond acceptors (Lipinski definition) is 9. The van der Waals surface area contributed by atoms with Crippen molar-refractivity contribution in [3.63, 3.8) is 0 Å². The van der Waals surface area contributed by atoms with Crippen LogP contribution in [0.1, 0.15) is 49.5 Å². The van der Waals surface area contributed by atoms with Crippen LogP contribution in [0, 0.1) is 5.53 Å². The van der Waals surface area contributed by atoms with Crippen LogP contribution < -0.4 is 27.1 Å². The third-order valence-electron chi connectivity index (χ3n) is 6.17. The summed E-state index contributed by atoms with van der Waals surface area (Å²) < 4.78 is 0. The maximum Gasteiger partial charge on any atom is 0.321 e. The molecule has 0 amide bonds. The number of nitrogens with zero attached hydrogens (tertiary/aromatic N) is 2. The Labute approximate surface area is 198 Å². The van der Waals surface area contributed by atoms with Crippen LogP contribution in [0.2, 0.25) is 0 Å². The summed E-state index contributed by atoms with van der Waals surface area (Å²) in [7, 11) is 3.85. The van der Waals surface area contributed by atoms with E-state index in [1.54, 1.807) is 13.2 Å². The van der Waals surface area contributed by atoms with Crippen molar-refractivity contribution in [2.75, 3.05) is 19.4 Å². The van der Waals surface area contributed by atoms with E-state index < -0.39 is 0 Å². The second kappa shape index (κ2) is 10.8. The summed E-state index contributed by atoms with van der Waals surface area (Å²) in [6, 6.07) is 6.90. The molecule has 0 aliphatic heterocycles. The molecule has 0 spiro atoms. The molecule has 0 atom stereocenters. The van der Waals surface area contributed by atoms with E-state index in [2.05, 4.69) is 40.2 Å². The fourth-order valence-electron chi connectivity index (χ4n) is 4.20. The van der Waals surface area contributed by atoms with Crippen LogP contribution in [0.3, 0.4) is 0 Å².